The lowest BCUT2D eigenvalue weighted by atomic mass is 10.1. The third-order valence-electron chi connectivity index (χ3n) is 3.90. The Balaban J connectivity index is 1.78. The van der Waals surface area contributed by atoms with Gasteiger partial charge in [0.05, 0.1) is 5.69 Å². The van der Waals surface area contributed by atoms with Crippen molar-refractivity contribution in [2.45, 2.75) is 20.8 Å². The third kappa shape index (κ3) is 3.67. The Hall–Kier alpha value is -2.93. The van der Waals surface area contributed by atoms with Crippen molar-refractivity contribution in [2.75, 3.05) is 11.9 Å². The van der Waals surface area contributed by atoms with E-state index in [1.54, 1.807) is 30.5 Å². The van der Waals surface area contributed by atoms with E-state index in [4.69, 9.17) is 4.74 Å². The van der Waals surface area contributed by atoms with Crippen LogP contribution in [0.4, 0.5) is 5.69 Å². The minimum atomic E-state index is -0.195. The van der Waals surface area contributed by atoms with Gasteiger partial charge in [0, 0.05) is 35.5 Å². The molecule has 0 aliphatic heterocycles. The number of Topliss-reactive ketones (excluding diaryl/α,β-unsaturated/α-hetero) is 1. The van der Waals surface area contributed by atoms with Crippen LogP contribution in [0.1, 0.15) is 28.7 Å². The lowest BCUT2D eigenvalue weighted by molar-refractivity contribution is -0.114. The van der Waals surface area contributed by atoms with E-state index in [1.807, 2.05) is 29.9 Å². The fourth-order valence-corrected chi connectivity index (χ4v) is 3.52. The lowest BCUT2D eigenvalue weighted by Crippen LogP contribution is -2.14. The first-order valence-corrected chi connectivity index (χ1v) is 8.96. The predicted molar refractivity (Wildman–Crippen MR) is 101 cm³/mol. The van der Waals surface area contributed by atoms with Crippen LogP contribution >= 0.6 is 11.3 Å². The Labute approximate surface area is 155 Å². The van der Waals surface area contributed by atoms with Crippen LogP contribution in [0.2, 0.25) is 0 Å². The van der Waals surface area contributed by atoms with E-state index in [2.05, 4.69) is 10.3 Å². The molecule has 0 fully saturated rings. The number of carbonyl (C=O) groups is 2. The molecule has 0 unspecified atom stereocenters. The fourth-order valence-electron chi connectivity index (χ4n) is 2.77. The van der Waals surface area contributed by atoms with Crippen LogP contribution in [0.15, 0.2) is 41.9 Å². The standard InChI is InChI=1S/C19H19N3O3S/c1-12-10-15(13(2)22(12)19-20-8-9-26-19)17(24)11-25-18-7-5-4-6-16(18)21-14(3)23/h4-10H,11H2,1-3H3,(H,21,23). The van der Waals surface area contributed by atoms with Gasteiger partial charge < -0.3 is 10.1 Å². The number of nitrogens with zero attached hydrogens (tertiary/aromatic N) is 2. The van der Waals surface area contributed by atoms with E-state index < -0.39 is 0 Å². The van der Waals surface area contributed by atoms with Crippen LogP contribution in [0.5, 0.6) is 5.75 Å². The largest absolute Gasteiger partial charge is 0.483 e. The second-order valence-corrected chi connectivity index (χ2v) is 6.70. The minimum Gasteiger partial charge on any atom is -0.483 e. The molecule has 1 aromatic carbocycles. The molecule has 134 valence electrons. The summed E-state index contributed by atoms with van der Waals surface area (Å²) < 4.78 is 7.62. The first kappa shape index (κ1) is 17.9. The van der Waals surface area contributed by atoms with Gasteiger partial charge in [-0.25, -0.2) is 4.98 Å². The molecule has 1 amide bonds. The van der Waals surface area contributed by atoms with Gasteiger partial charge in [-0.2, -0.15) is 0 Å². The Morgan fingerprint density at radius 1 is 1.27 bits per heavy atom. The summed E-state index contributed by atoms with van der Waals surface area (Å²) in [5, 5.41) is 5.42. The van der Waals surface area contributed by atoms with E-state index in [0.29, 0.717) is 17.0 Å². The second kappa shape index (κ2) is 7.53. The van der Waals surface area contributed by atoms with Crippen molar-refractivity contribution < 1.29 is 14.3 Å². The van der Waals surface area contributed by atoms with Gasteiger partial charge in [-0.1, -0.05) is 12.1 Å². The molecule has 0 radical (unpaired) electrons. The molecule has 2 heterocycles. The molecule has 0 spiro atoms. The summed E-state index contributed by atoms with van der Waals surface area (Å²) in [5.41, 5.74) is 2.93. The van der Waals surface area contributed by atoms with Gasteiger partial charge in [-0.15, -0.1) is 11.3 Å². The van der Waals surface area contributed by atoms with E-state index >= 15 is 0 Å². The average molecular weight is 369 g/mol. The van der Waals surface area contributed by atoms with Crippen LogP contribution in [-0.4, -0.2) is 27.8 Å². The molecule has 26 heavy (non-hydrogen) atoms. The zero-order chi connectivity index (χ0) is 18.7. The van der Waals surface area contributed by atoms with Crippen LogP contribution in [0.3, 0.4) is 0 Å². The van der Waals surface area contributed by atoms with E-state index in [1.165, 1.54) is 18.3 Å². The van der Waals surface area contributed by atoms with Gasteiger partial charge in [0.1, 0.15) is 5.75 Å². The van der Waals surface area contributed by atoms with E-state index in [-0.39, 0.29) is 18.3 Å². The molecule has 6 nitrogen and oxygen atoms in total. The van der Waals surface area contributed by atoms with Crippen molar-refractivity contribution in [2.24, 2.45) is 0 Å². The van der Waals surface area contributed by atoms with Crippen molar-refractivity contribution in [3.63, 3.8) is 0 Å². The fraction of sp³-hybridized carbons (Fsp3) is 0.211. The second-order valence-electron chi connectivity index (χ2n) is 5.82. The van der Waals surface area contributed by atoms with E-state index in [9.17, 15) is 9.59 Å². The topological polar surface area (TPSA) is 73.2 Å². The van der Waals surface area contributed by atoms with Gasteiger partial charge in [-0.3, -0.25) is 14.2 Å². The summed E-state index contributed by atoms with van der Waals surface area (Å²) in [6, 6.07) is 8.89. The quantitative estimate of drug-likeness (QED) is 0.671. The smallest absolute Gasteiger partial charge is 0.221 e. The molecule has 3 aromatic rings. The number of aryl methyl sites for hydroxylation is 1. The Morgan fingerprint density at radius 3 is 2.73 bits per heavy atom. The first-order valence-electron chi connectivity index (χ1n) is 8.09. The zero-order valence-electron chi connectivity index (χ0n) is 14.8. The summed E-state index contributed by atoms with van der Waals surface area (Å²) in [7, 11) is 0. The number of nitrogens with one attached hydrogen (secondary N) is 1. The van der Waals surface area contributed by atoms with Crippen LogP contribution < -0.4 is 10.1 Å². The number of benzene rings is 1. The number of hydrogen-bond donors (Lipinski definition) is 1. The number of anilines is 1. The highest BCUT2D eigenvalue weighted by atomic mass is 32.1. The number of amides is 1. The van der Waals surface area contributed by atoms with Crippen LogP contribution in [-0.2, 0) is 4.79 Å². The molecule has 0 saturated carbocycles. The highest BCUT2D eigenvalue weighted by Crippen LogP contribution is 2.25. The normalized spacial score (nSPS) is 10.6. The van der Waals surface area contributed by atoms with Gasteiger partial charge in [-0.05, 0) is 32.0 Å². The molecular formula is C19H19N3O3S. The molecule has 0 saturated heterocycles. The number of hydrogen-bond acceptors (Lipinski definition) is 5. The predicted octanol–water partition coefficient (Wildman–Crippen LogP) is 3.77. The number of aromatic nitrogens is 2. The number of ether oxygens (including phenoxy) is 1. The molecule has 0 aliphatic carbocycles. The van der Waals surface area contributed by atoms with Crippen molar-refractivity contribution in [3.05, 3.63) is 58.9 Å². The molecule has 2 aromatic heterocycles. The van der Waals surface area contributed by atoms with Crippen LogP contribution in [0, 0.1) is 13.8 Å². The highest BCUT2D eigenvalue weighted by Gasteiger charge is 2.18. The summed E-state index contributed by atoms with van der Waals surface area (Å²) >= 11 is 1.52. The maximum absolute atomic E-state index is 12.7. The Kier molecular flexibility index (Phi) is 5.18. The third-order valence-corrected chi connectivity index (χ3v) is 4.66. The Morgan fingerprint density at radius 2 is 2.04 bits per heavy atom. The number of rotatable bonds is 6. The molecule has 0 bridgehead atoms. The van der Waals surface area contributed by atoms with Crippen molar-refractivity contribution in [1.82, 2.24) is 9.55 Å². The van der Waals surface area contributed by atoms with Gasteiger partial charge in [0.2, 0.25) is 11.7 Å². The van der Waals surface area contributed by atoms with Crippen LogP contribution in [0.25, 0.3) is 5.13 Å². The maximum Gasteiger partial charge on any atom is 0.221 e. The number of carbonyl (C=O) groups excluding carboxylic acids is 2. The highest BCUT2D eigenvalue weighted by molar-refractivity contribution is 7.12. The molecule has 1 N–H and O–H groups in total. The van der Waals surface area contributed by atoms with Gasteiger partial charge in [0.15, 0.2) is 11.7 Å². The van der Waals surface area contributed by atoms with E-state index in [0.717, 1.165) is 16.5 Å². The minimum absolute atomic E-state index is 0.112. The first-order chi connectivity index (χ1) is 12.5. The molecular weight excluding hydrogens is 350 g/mol. The molecule has 7 heteroatoms. The molecule has 0 aliphatic rings. The van der Waals surface area contributed by atoms with Gasteiger partial charge >= 0.3 is 0 Å². The number of para-hydroxylation sites is 2. The average Bonchev–Trinajstić information content (AvgIpc) is 3.21. The van der Waals surface area contributed by atoms with Crippen molar-refractivity contribution in [3.8, 4) is 10.9 Å². The monoisotopic (exact) mass is 369 g/mol. The number of ketones is 1. The summed E-state index contributed by atoms with van der Waals surface area (Å²) in [5.74, 6) is 0.141. The summed E-state index contributed by atoms with van der Waals surface area (Å²) in [4.78, 5) is 28.3. The molecule has 3 rings (SSSR count). The lowest BCUT2D eigenvalue weighted by Gasteiger charge is -2.11. The molecule has 0 atom stereocenters. The van der Waals surface area contributed by atoms with Crippen molar-refractivity contribution >= 4 is 28.7 Å². The summed E-state index contributed by atoms with van der Waals surface area (Å²) in [6.45, 7) is 5.15. The number of thiazole rings is 1. The Bertz CT molecular complexity index is 945. The SMILES string of the molecule is CC(=O)Nc1ccccc1OCC(=O)c1cc(C)n(-c2nccs2)c1C. The zero-order valence-corrected chi connectivity index (χ0v) is 15.6. The van der Waals surface area contributed by atoms with Crippen molar-refractivity contribution in [1.29, 1.82) is 0 Å². The maximum atomic E-state index is 12.7. The van der Waals surface area contributed by atoms with Gasteiger partial charge in [0.25, 0.3) is 0 Å². The summed E-state index contributed by atoms with van der Waals surface area (Å²) in [6.07, 6.45) is 1.74.